The first-order chi connectivity index (χ1) is 10.7. The number of aromatic nitrogens is 1. The number of hydrogen-bond donors (Lipinski definition) is 0. The van der Waals surface area contributed by atoms with E-state index in [4.69, 9.17) is 16.3 Å². The molecule has 0 aliphatic carbocycles. The van der Waals surface area contributed by atoms with Crippen LogP contribution in [0.5, 0.6) is 0 Å². The van der Waals surface area contributed by atoms with Crippen LogP contribution in [0.3, 0.4) is 0 Å². The molecule has 0 saturated carbocycles. The number of rotatable bonds is 5. The third-order valence-electron chi connectivity index (χ3n) is 3.64. The highest BCUT2D eigenvalue weighted by molar-refractivity contribution is 7.09. The Morgan fingerprint density at radius 2 is 2.41 bits per heavy atom. The lowest BCUT2D eigenvalue weighted by Crippen LogP contribution is -2.36. The summed E-state index contributed by atoms with van der Waals surface area (Å²) in [5, 5.41) is 2.35. The molecule has 1 amide bonds. The van der Waals surface area contributed by atoms with Crippen LogP contribution < -0.4 is 0 Å². The van der Waals surface area contributed by atoms with Gasteiger partial charge in [0.25, 0.3) is 5.91 Å². The van der Waals surface area contributed by atoms with Crippen molar-refractivity contribution in [1.29, 1.82) is 0 Å². The fraction of sp³-hybridized carbons (Fsp3) is 0.375. The summed E-state index contributed by atoms with van der Waals surface area (Å²) in [6.07, 6.45) is 3.75. The van der Waals surface area contributed by atoms with E-state index in [1.807, 2.05) is 22.4 Å². The molecule has 116 valence electrons. The van der Waals surface area contributed by atoms with E-state index in [0.717, 1.165) is 24.3 Å². The maximum Gasteiger partial charge on any atom is 0.254 e. The van der Waals surface area contributed by atoms with E-state index >= 15 is 0 Å². The van der Waals surface area contributed by atoms with E-state index in [1.54, 1.807) is 29.7 Å². The van der Waals surface area contributed by atoms with Crippen molar-refractivity contribution in [3.63, 3.8) is 0 Å². The normalized spacial score (nSPS) is 17.6. The molecule has 1 atom stereocenters. The molecule has 1 saturated heterocycles. The monoisotopic (exact) mass is 336 g/mol. The van der Waals surface area contributed by atoms with Gasteiger partial charge in [0.2, 0.25) is 0 Å². The molecule has 3 heterocycles. The SMILES string of the molecule is O=C(c1ccnc(Cl)c1)N(Cc1cccs1)CC1CCCO1. The number of halogens is 1. The summed E-state index contributed by atoms with van der Waals surface area (Å²) in [6.45, 7) is 1.99. The lowest BCUT2D eigenvalue weighted by atomic mass is 10.2. The minimum Gasteiger partial charge on any atom is -0.376 e. The number of thiophene rings is 1. The standard InChI is InChI=1S/C16H17ClN2O2S/c17-15-9-12(5-6-18-15)16(20)19(10-13-3-1-7-21-13)11-14-4-2-8-22-14/h2,4-6,8-9,13H,1,3,7,10-11H2. The molecular weight excluding hydrogens is 320 g/mol. The van der Waals surface area contributed by atoms with Crippen LogP contribution in [0.4, 0.5) is 0 Å². The Morgan fingerprint density at radius 1 is 1.50 bits per heavy atom. The average Bonchev–Trinajstić information content (AvgIpc) is 3.19. The zero-order valence-corrected chi connectivity index (χ0v) is 13.6. The van der Waals surface area contributed by atoms with Crippen molar-refractivity contribution in [1.82, 2.24) is 9.88 Å². The van der Waals surface area contributed by atoms with E-state index in [2.05, 4.69) is 4.98 Å². The Hall–Kier alpha value is -1.43. The molecule has 1 aliphatic heterocycles. The van der Waals surface area contributed by atoms with Crippen molar-refractivity contribution in [3.8, 4) is 0 Å². The first-order valence-electron chi connectivity index (χ1n) is 7.27. The first kappa shape index (κ1) is 15.5. The van der Waals surface area contributed by atoms with Gasteiger partial charge in [-0.1, -0.05) is 17.7 Å². The summed E-state index contributed by atoms with van der Waals surface area (Å²) in [7, 11) is 0. The fourth-order valence-electron chi connectivity index (χ4n) is 2.56. The van der Waals surface area contributed by atoms with Gasteiger partial charge in [-0.2, -0.15) is 0 Å². The Bertz CT molecular complexity index is 627. The van der Waals surface area contributed by atoms with Crippen LogP contribution in [0.25, 0.3) is 0 Å². The second kappa shape index (κ2) is 7.22. The third kappa shape index (κ3) is 3.85. The van der Waals surface area contributed by atoms with E-state index in [-0.39, 0.29) is 12.0 Å². The van der Waals surface area contributed by atoms with Gasteiger partial charge >= 0.3 is 0 Å². The maximum atomic E-state index is 12.8. The van der Waals surface area contributed by atoms with Crippen LogP contribution >= 0.6 is 22.9 Å². The highest BCUT2D eigenvalue weighted by Crippen LogP contribution is 2.19. The number of carbonyl (C=O) groups excluding carboxylic acids is 1. The Labute approximate surface area is 138 Å². The van der Waals surface area contributed by atoms with Gasteiger partial charge in [-0.05, 0) is 36.4 Å². The zero-order valence-electron chi connectivity index (χ0n) is 12.1. The quantitative estimate of drug-likeness (QED) is 0.783. The summed E-state index contributed by atoms with van der Waals surface area (Å²) in [4.78, 5) is 19.7. The van der Waals surface area contributed by atoms with Crippen LogP contribution in [-0.2, 0) is 11.3 Å². The molecule has 3 rings (SSSR count). The first-order valence-corrected chi connectivity index (χ1v) is 8.53. The van der Waals surface area contributed by atoms with E-state index in [0.29, 0.717) is 23.8 Å². The highest BCUT2D eigenvalue weighted by atomic mass is 35.5. The molecule has 1 unspecified atom stereocenters. The molecule has 0 N–H and O–H groups in total. The summed E-state index contributed by atoms with van der Waals surface area (Å²) in [5.41, 5.74) is 0.564. The van der Waals surface area contributed by atoms with Gasteiger partial charge in [0.15, 0.2) is 0 Å². The number of ether oxygens (including phenoxy) is 1. The molecule has 2 aromatic heterocycles. The molecular formula is C16H17ClN2O2S. The van der Waals surface area contributed by atoms with Gasteiger partial charge in [0.1, 0.15) is 5.15 Å². The number of carbonyl (C=O) groups is 1. The largest absolute Gasteiger partial charge is 0.376 e. The van der Waals surface area contributed by atoms with Crippen molar-refractivity contribution in [3.05, 3.63) is 51.4 Å². The predicted octanol–water partition coefficient (Wildman–Crippen LogP) is 3.62. The molecule has 4 nitrogen and oxygen atoms in total. The maximum absolute atomic E-state index is 12.8. The van der Waals surface area contributed by atoms with E-state index < -0.39 is 0 Å². The van der Waals surface area contributed by atoms with Crippen molar-refractivity contribution in [2.24, 2.45) is 0 Å². The Balaban J connectivity index is 1.78. The van der Waals surface area contributed by atoms with Crippen LogP contribution in [0, 0.1) is 0 Å². The van der Waals surface area contributed by atoms with E-state index in [1.165, 1.54) is 0 Å². The highest BCUT2D eigenvalue weighted by Gasteiger charge is 2.24. The summed E-state index contributed by atoms with van der Waals surface area (Å²) < 4.78 is 5.68. The Morgan fingerprint density at radius 3 is 3.09 bits per heavy atom. The van der Waals surface area contributed by atoms with Crippen LogP contribution in [0.15, 0.2) is 35.8 Å². The fourth-order valence-corrected chi connectivity index (χ4v) is 3.46. The van der Waals surface area contributed by atoms with Gasteiger partial charge in [0, 0.05) is 29.8 Å². The predicted molar refractivity (Wildman–Crippen MR) is 87.3 cm³/mol. The van der Waals surface area contributed by atoms with Gasteiger partial charge < -0.3 is 9.64 Å². The molecule has 1 fully saturated rings. The third-order valence-corrected chi connectivity index (χ3v) is 4.70. The summed E-state index contributed by atoms with van der Waals surface area (Å²) in [6, 6.07) is 7.35. The molecule has 0 bridgehead atoms. The molecule has 0 aromatic carbocycles. The minimum atomic E-state index is -0.0341. The van der Waals surface area contributed by atoms with E-state index in [9.17, 15) is 4.79 Å². The van der Waals surface area contributed by atoms with Gasteiger partial charge in [-0.3, -0.25) is 4.79 Å². The van der Waals surface area contributed by atoms with Crippen molar-refractivity contribution in [2.45, 2.75) is 25.5 Å². The van der Waals surface area contributed by atoms with Crippen molar-refractivity contribution >= 4 is 28.8 Å². The second-order valence-corrected chi connectivity index (χ2v) is 6.69. The summed E-state index contributed by atoms with van der Waals surface area (Å²) in [5.74, 6) is -0.0341. The van der Waals surface area contributed by atoms with Gasteiger partial charge in [-0.15, -0.1) is 11.3 Å². The van der Waals surface area contributed by atoms with Gasteiger partial charge in [-0.25, -0.2) is 4.98 Å². The minimum absolute atomic E-state index is 0.0341. The molecule has 0 spiro atoms. The summed E-state index contributed by atoms with van der Waals surface area (Å²) >= 11 is 7.55. The van der Waals surface area contributed by atoms with Crippen LogP contribution in [0.2, 0.25) is 5.15 Å². The molecule has 6 heteroatoms. The second-order valence-electron chi connectivity index (χ2n) is 5.27. The van der Waals surface area contributed by atoms with Crippen molar-refractivity contribution < 1.29 is 9.53 Å². The lowest BCUT2D eigenvalue weighted by molar-refractivity contribution is 0.0509. The lowest BCUT2D eigenvalue weighted by Gasteiger charge is -2.25. The Kier molecular flexibility index (Phi) is 5.08. The number of nitrogens with zero attached hydrogens (tertiary/aromatic N) is 2. The molecule has 22 heavy (non-hydrogen) atoms. The number of amides is 1. The molecule has 0 radical (unpaired) electrons. The molecule has 1 aliphatic rings. The number of pyridine rings is 1. The van der Waals surface area contributed by atoms with Crippen molar-refractivity contribution in [2.75, 3.05) is 13.2 Å². The number of hydrogen-bond acceptors (Lipinski definition) is 4. The average molecular weight is 337 g/mol. The van der Waals surface area contributed by atoms with Crippen LogP contribution in [0.1, 0.15) is 28.1 Å². The topological polar surface area (TPSA) is 42.4 Å². The van der Waals surface area contributed by atoms with Gasteiger partial charge in [0.05, 0.1) is 12.6 Å². The zero-order chi connectivity index (χ0) is 15.4. The smallest absolute Gasteiger partial charge is 0.254 e. The molecule has 2 aromatic rings. The van der Waals surface area contributed by atoms with Crippen LogP contribution in [-0.4, -0.2) is 35.0 Å².